The molecule has 0 aliphatic carbocycles. The number of aryl methyl sites for hydroxylation is 1. The van der Waals surface area contributed by atoms with Crippen LogP contribution in [0.2, 0.25) is 0 Å². The first kappa shape index (κ1) is 14.3. The Morgan fingerprint density at radius 1 is 1.37 bits per heavy atom. The second-order valence-corrected chi connectivity index (χ2v) is 5.01. The maximum atomic E-state index is 4.74. The fraction of sp³-hybridized carbons (Fsp3) is 0.500. The molecule has 1 aromatic carbocycles. The predicted octanol–water partition coefficient (Wildman–Crippen LogP) is 1.88. The van der Waals surface area contributed by atoms with Crippen molar-refractivity contribution in [1.82, 2.24) is 20.0 Å². The molecular weight excluding hydrogens is 260 g/mol. The monoisotopic (exact) mass is 280 g/mol. The Hall–Kier alpha value is -1.10. The Morgan fingerprint density at radius 3 is 2.74 bits per heavy atom. The summed E-state index contributed by atoms with van der Waals surface area (Å²) in [4.78, 5) is 2.39. The van der Waals surface area contributed by atoms with Gasteiger partial charge in [0.15, 0.2) is 0 Å². The van der Waals surface area contributed by atoms with E-state index in [1.807, 2.05) is 0 Å². The van der Waals surface area contributed by atoms with Crippen molar-refractivity contribution in [3.8, 4) is 0 Å². The van der Waals surface area contributed by atoms with Gasteiger partial charge in [-0.1, -0.05) is 18.2 Å². The first-order valence-corrected chi connectivity index (χ1v) is 6.65. The number of halogens is 1. The number of fused-ring (bicyclic) bond motifs is 1. The highest BCUT2D eigenvalue weighted by Gasteiger charge is 2.22. The van der Waals surface area contributed by atoms with Crippen LogP contribution >= 0.6 is 12.4 Å². The largest absolute Gasteiger partial charge is 0.314 e. The first-order valence-electron chi connectivity index (χ1n) is 6.65. The average molecular weight is 281 g/mol. The molecule has 104 valence electrons. The highest BCUT2D eigenvalue weighted by atomic mass is 35.5. The lowest BCUT2D eigenvalue weighted by Gasteiger charge is -2.35. The number of hydrogen-bond acceptors (Lipinski definition) is 3. The second kappa shape index (κ2) is 5.90. The van der Waals surface area contributed by atoms with Gasteiger partial charge in [0.2, 0.25) is 0 Å². The van der Waals surface area contributed by atoms with E-state index in [9.17, 15) is 0 Å². The normalized spacial score (nSPS) is 15.5. The van der Waals surface area contributed by atoms with Gasteiger partial charge in [-0.3, -0.25) is 9.58 Å². The van der Waals surface area contributed by atoms with Crippen LogP contribution in [0.25, 0.3) is 10.9 Å². The molecule has 1 fully saturated rings. The number of para-hydroxylation sites is 1. The molecule has 0 unspecified atom stereocenters. The van der Waals surface area contributed by atoms with E-state index in [0.29, 0.717) is 6.04 Å². The Balaban J connectivity index is 0.00000133. The van der Waals surface area contributed by atoms with Gasteiger partial charge in [0.1, 0.15) is 0 Å². The van der Waals surface area contributed by atoms with Crippen LogP contribution in [0.4, 0.5) is 0 Å². The third-order valence-electron chi connectivity index (χ3n) is 3.82. The molecule has 0 atom stereocenters. The van der Waals surface area contributed by atoms with Crippen LogP contribution in [0.5, 0.6) is 0 Å². The number of benzene rings is 1. The van der Waals surface area contributed by atoms with E-state index in [4.69, 9.17) is 5.10 Å². The molecule has 2 heterocycles. The Morgan fingerprint density at radius 2 is 2.11 bits per heavy atom. The van der Waals surface area contributed by atoms with Gasteiger partial charge in [-0.25, -0.2) is 0 Å². The molecule has 3 rings (SSSR count). The predicted molar refractivity (Wildman–Crippen MR) is 80.8 cm³/mol. The maximum Gasteiger partial charge on any atom is 0.0843 e. The molecule has 0 saturated carbocycles. The van der Waals surface area contributed by atoms with E-state index in [-0.39, 0.29) is 12.4 Å². The van der Waals surface area contributed by atoms with E-state index >= 15 is 0 Å². The van der Waals surface area contributed by atoms with Gasteiger partial charge in [0.25, 0.3) is 0 Å². The van der Waals surface area contributed by atoms with E-state index in [2.05, 4.69) is 53.1 Å². The minimum Gasteiger partial charge on any atom is -0.314 e. The van der Waals surface area contributed by atoms with Crippen molar-refractivity contribution in [2.75, 3.05) is 20.1 Å². The van der Waals surface area contributed by atoms with E-state index in [1.54, 1.807) is 0 Å². The number of likely N-dealkylation sites (N-methyl/N-ethyl adjacent to an activating group) is 1. The van der Waals surface area contributed by atoms with E-state index < -0.39 is 0 Å². The second-order valence-electron chi connectivity index (χ2n) is 5.01. The number of rotatable bonds is 4. The summed E-state index contributed by atoms with van der Waals surface area (Å²) in [6.45, 7) is 6.20. The van der Waals surface area contributed by atoms with Gasteiger partial charge in [0, 0.05) is 37.6 Å². The summed E-state index contributed by atoms with van der Waals surface area (Å²) in [6.07, 6.45) is 0. The topological polar surface area (TPSA) is 33.1 Å². The minimum absolute atomic E-state index is 0. The van der Waals surface area contributed by atoms with Crippen LogP contribution < -0.4 is 5.32 Å². The minimum atomic E-state index is 0. The molecular formula is C14H21ClN4. The lowest BCUT2D eigenvalue weighted by molar-refractivity contribution is 0.171. The average Bonchev–Trinajstić information content (AvgIpc) is 2.66. The summed E-state index contributed by atoms with van der Waals surface area (Å²) < 4.78 is 2.09. The van der Waals surface area contributed by atoms with Gasteiger partial charge in [-0.2, -0.15) is 5.10 Å². The summed E-state index contributed by atoms with van der Waals surface area (Å²) in [7, 11) is 2.19. The molecule has 5 heteroatoms. The summed E-state index contributed by atoms with van der Waals surface area (Å²) in [5.41, 5.74) is 2.44. The third kappa shape index (κ3) is 2.61. The Labute approximate surface area is 120 Å². The van der Waals surface area contributed by atoms with Crippen molar-refractivity contribution in [3.63, 3.8) is 0 Å². The highest BCUT2D eigenvalue weighted by molar-refractivity contribution is 5.85. The van der Waals surface area contributed by atoms with E-state index in [0.717, 1.165) is 26.2 Å². The van der Waals surface area contributed by atoms with Crippen molar-refractivity contribution in [1.29, 1.82) is 0 Å². The van der Waals surface area contributed by atoms with Crippen molar-refractivity contribution >= 4 is 23.3 Å². The van der Waals surface area contributed by atoms with Gasteiger partial charge in [-0.15, -0.1) is 12.4 Å². The molecule has 0 bridgehead atoms. The number of hydrogen-bond donors (Lipinski definition) is 1. The van der Waals surface area contributed by atoms with Crippen LogP contribution in [-0.2, 0) is 13.1 Å². The number of nitrogens with zero attached hydrogens (tertiary/aromatic N) is 3. The van der Waals surface area contributed by atoms with Gasteiger partial charge >= 0.3 is 0 Å². The lowest BCUT2D eigenvalue weighted by atomic mass is 10.1. The number of nitrogens with one attached hydrogen (secondary N) is 1. The van der Waals surface area contributed by atoms with Crippen LogP contribution in [0.1, 0.15) is 12.6 Å². The molecule has 2 aromatic rings. The van der Waals surface area contributed by atoms with Crippen LogP contribution in [0.3, 0.4) is 0 Å². The van der Waals surface area contributed by atoms with Crippen molar-refractivity contribution < 1.29 is 0 Å². The van der Waals surface area contributed by atoms with Crippen molar-refractivity contribution in [2.45, 2.75) is 26.1 Å². The van der Waals surface area contributed by atoms with E-state index in [1.165, 1.54) is 16.6 Å². The molecule has 0 amide bonds. The molecule has 4 nitrogen and oxygen atoms in total. The van der Waals surface area contributed by atoms with Crippen molar-refractivity contribution in [3.05, 3.63) is 30.0 Å². The smallest absolute Gasteiger partial charge is 0.0843 e. The van der Waals surface area contributed by atoms with Crippen LogP contribution in [0, 0.1) is 0 Å². The maximum absolute atomic E-state index is 4.74. The SMILES string of the molecule is CCn1nc(CN(C)C2CNC2)c2ccccc21.Cl. The molecule has 1 aliphatic heterocycles. The highest BCUT2D eigenvalue weighted by Crippen LogP contribution is 2.20. The summed E-state index contributed by atoms with van der Waals surface area (Å²) in [5.74, 6) is 0. The van der Waals surface area contributed by atoms with Gasteiger partial charge < -0.3 is 5.32 Å². The van der Waals surface area contributed by atoms with Gasteiger partial charge in [0.05, 0.1) is 11.2 Å². The molecule has 1 aliphatic rings. The Bertz CT molecular complexity index is 547. The lowest BCUT2D eigenvalue weighted by Crippen LogP contribution is -2.55. The number of aromatic nitrogens is 2. The van der Waals surface area contributed by atoms with Crippen LogP contribution in [-0.4, -0.2) is 40.9 Å². The fourth-order valence-electron chi connectivity index (χ4n) is 2.50. The fourth-order valence-corrected chi connectivity index (χ4v) is 2.50. The first-order chi connectivity index (χ1) is 8.79. The summed E-state index contributed by atoms with van der Waals surface area (Å²) in [6, 6.07) is 9.17. The third-order valence-corrected chi connectivity index (χ3v) is 3.82. The zero-order chi connectivity index (χ0) is 12.5. The molecule has 1 aromatic heterocycles. The van der Waals surface area contributed by atoms with Gasteiger partial charge in [-0.05, 0) is 20.0 Å². The summed E-state index contributed by atoms with van der Waals surface area (Å²) >= 11 is 0. The molecule has 19 heavy (non-hydrogen) atoms. The van der Waals surface area contributed by atoms with Crippen molar-refractivity contribution in [2.24, 2.45) is 0 Å². The Kier molecular flexibility index (Phi) is 4.45. The molecule has 1 N–H and O–H groups in total. The van der Waals surface area contributed by atoms with Crippen LogP contribution in [0.15, 0.2) is 24.3 Å². The molecule has 1 saturated heterocycles. The zero-order valence-corrected chi connectivity index (χ0v) is 12.3. The quantitative estimate of drug-likeness (QED) is 0.928. The standard InChI is InChI=1S/C14H20N4.ClH/c1-3-18-14-7-5-4-6-12(14)13(16-18)10-17(2)11-8-15-9-11;/h4-7,11,15H,3,8-10H2,1-2H3;1H. The molecule has 0 radical (unpaired) electrons. The molecule has 0 spiro atoms. The summed E-state index contributed by atoms with van der Waals surface area (Å²) in [5, 5.41) is 9.35. The zero-order valence-electron chi connectivity index (χ0n) is 11.5.